The van der Waals surface area contributed by atoms with Gasteiger partial charge in [-0.2, -0.15) is 0 Å². The third-order valence-electron chi connectivity index (χ3n) is 3.51. The number of para-hydroxylation sites is 2. The van der Waals surface area contributed by atoms with E-state index in [1.54, 1.807) is 0 Å². The lowest BCUT2D eigenvalue weighted by Gasteiger charge is -2.19. The zero-order valence-electron chi connectivity index (χ0n) is 12.7. The Morgan fingerprint density at radius 3 is 2.05 bits per heavy atom. The van der Waals surface area contributed by atoms with Crippen LogP contribution in [0.5, 0.6) is 0 Å². The average Bonchev–Trinajstić information content (AvgIpc) is 2.57. The lowest BCUT2D eigenvalue weighted by Crippen LogP contribution is -2.34. The molecule has 2 aromatic rings. The zero-order valence-corrected chi connectivity index (χ0v) is 12.7. The van der Waals surface area contributed by atoms with Gasteiger partial charge in [0.05, 0.1) is 11.4 Å². The number of hydrogen-bond acceptors (Lipinski definition) is 2. The molecule has 0 unspecified atom stereocenters. The highest BCUT2D eigenvalue weighted by atomic mass is 15.1. The fourth-order valence-electron chi connectivity index (χ4n) is 2.36. The van der Waals surface area contributed by atoms with Gasteiger partial charge in [-0.15, -0.1) is 0 Å². The molecule has 0 atom stereocenters. The second kappa shape index (κ2) is 6.85. The quantitative estimate of drug-likeness (QED) is 0.867. The van der Waals surface area contributed by atoms with Crippen molar-refractivity contribution in [2.45, 2.75) is 19.8 Å². The lowest BCUT2D eigenvalue weighted by atomic mass is 10.1. The summed E-state index contributed by atoms with van der Waals surface area (Å²) in [5.74, 6) is 1.83. The lowest BCUT2D eigenvalue weighted by molar-refractivity contribution is 1.08. The summed E-state index contributed by atoms with van der Waals surface area (Å²) in [5.41, 5.74) is 3.14. The summed E-state index contributed by atoms with van der Waals surface area (Å²) in [6.07, 6.45) is 3.98. The van der Waals surface area contributed by atoms with Crippen LogP contribution in [0.25, 0.3) is 0 Å². The molecule has 110 valence electrons. The molecular formula is C19H19N3. The second-order valence-electron chi connectivity index (χ2n) is 5.10. The number of rotatable bonds is 3. The largest absolute Gasteiger partial charge is 0.328 e. The van der Waals surface area contributed by atoms with Gasteiger partial charge in [0, 0.05) is 6.42 Å². The van der Waals surface area contributed by atoms with Gasteiger partial charge >= 0.3 is 0 Å². The van der Waals surface area contributed by atoms with Crippen molar-refractivity contribution in [2.75, 3.05) is 0 Å². The van der Waals surface area contributed by atoms with E-state index in [1.807, 2.05) is 60.7 Å². The summed E-state index contributed by atoms with van der Waals surface area (Å²) >= 11 is 0. The monoisotopic (exact) mass is 289 g/mol. The Kier molecular flexibility index (Phi) is 4.44. The van der Waals surface area contributed by atoms with E-state index in [4.69, 9.17) is 4.99 Å². The maximum atomic E-state index is 4.72. The average molecular weight is 289 g/mol. The van der Waals surface area contributed by atoms with E-state index in [0.29, 0.717) is 0 Å². The predicted octanol–water partition coefficient (Wildman–Crippen LogP) is 4.78. The third-order valence-corrected chi connectivity index (χ3v) is 3.51. The molecule has 0 spiro atoms. The van der Waals surface area contributed by atoms with Crippen molar-refractivity contribution in [3.05, 3.63) is 72.3 Å². The standard InChI is InChI=1S/C19H19N3/c1-2-15-13-14-18(20-16-9-5-3-6-10-16)22-19(15)21-17-11-7-4-8-12-17/h3-13H,2,14H2,1H3,(H,20,21,22). The maximum Gasteiger partial charge on any atom is 0.134 e. The molecule has 0 fully saturated rings. The second-order valence-corrected chi connectivity index (χ2v) is 5.10. The van der Waals surface area contributed by atoms with Crippen molar-refractivity contribution < 1.29 is 0 Å². The minimum atomic E-state index is 0.811. The number of nitrogens with zero attached hydrogens (tertiary/aromatic N) is 2. The smallest absolute Gasteiger partial charge is 0.134 e. The number of amidine groups is 2. The van der Waals surface area contributed by atoms with Gasteiger partial charge in [-0.3, -0.25) is 0 Å². The van der Waals surface area contributed by atoms with Crippen LogP contribution in [0.15, 0.2) is 82.3 Å². The molecule has 2 aromatic carbocycles. The van der Waals surface area contributed by atoms with Crippen LogP contribution in [-0.2, 0) is 0 Å². The van der Waals surface area contributed by atoms with Crippen molar-refractivity contribution in [3.63, 3.8) is 0 Å². The highest BCUT2D eigenvalue weighted by molar-refractivity contribution is 6.13. The summed E-state index contributed by atoms with van der Waals surface area (Å²) in [7, 11) is 0. The van der Waals surface area contributed by atoms with E-state index in [0.717, 1.165) is 35.9 Å². The summed E-state index contributed by atoms with van der Waals surface area (Å²) in [6.45, 7) is 2.15. The molecule has 0 radical (unpaired) electrons. The van der Waals surface area contributed by atoms with Crippen molar-refractivity contribution in [3.8, 4) is 0 Å². The molecule has 3 rings (SSSR count). The molecule has 3 nitrogen and oxygen atoms in total. The Balaban J connectivity index is 1.89. The van der Waals surface area contributed by atoms with Crippen molar-refractivity contribution in [1.82, 2.24) is 5.32 Å². The van der Waals surface area contributed by atoms with Crippen LogP contribution < -0.4 is 5.32 Å². The molecule has 0 saturated carbocycles. The highest BCUT2D eigenvalue weighted by Gasteiger charge is 2.14. The Morgan fingerprint density at radius 2 is 1.45 bits per heavy atom. The number of hydrogen-bond donors (Lipinski definition) is 1. The molecule has 22 heavy (non-hydrogen) atoms. The molecule has 0 bridgehead atoms. The molecule has 0 saturated heterocycles. The van der Waals surface area contributed by atoms with Gasteiger partial charge < -0.3 is 5.32 Å². The van der Waals surface area contributed by atoms with E-state index >= 15 is 0 Å². The Bertz CT molecular complexity index is 713. The number of benzene rings is 2. The first-order valence-corrected chi connectivity index (χ1v) is 7.58. The van der Waals surface area contributed by atoms with Gasteiger partial charge in [0.2, 0.25) is 0 Å². The summed E-state index contributed by atoms with van der Waals surface area (Å²) in [5, 5.41) is 3.38. The molecular weight excluding hydrogens is 270 g/mol. The normalized spacial score (nSPS) is 18.1. The molecule has 3 heteroatoms. The molecule has 0 aromatic heterocycles. The molecule has 1 aliphatic heterocycles. The van der Waals surface area contributed by atoms with Gasteiger partial charge in [0.1, 0.15) is 11.7 Å². The number of nitrogens with one attached hydrogen (secondary N) is 1. The Hall–Kier alpha value is -2.68. The van der Waals surface area contributed by atoms with E-state index in [-0.39, 0.29) is 0 Å². The molecule has 1 aliphatic rings. The maximum absolute atomic E-state index is 4.72. The van der Waals surface area contributed by atoms with E-state index < -0.39 is 0 Å². The summed E-state index contributed by atoms with van der Waals surface area (Å²) < 4.78 is 0. The van der Waals surface area contributed by atoms with Gasteiger partial charge in [-0.25, -0.2) is 9.98 Å². The Morgan fingerprint density at radius 1 is 0.864 bits per heavy atom. The van der Waals surface area contributed by atoms with Crippen LogP contribution in [0.3, 0.4) is 0 Å². The van der Waals surface area contributed by atoms with Crippen LogP contribution in [0.1, 0.15) is 19.8 Å². The van der Waals surface area contributed by atoms with Gasteiger partial charge in [0.25, 0.3) is 0 Å². The first-order chi connectivity index (χ1) is 10.8. The molecule has 1 N–H and O–H groups in total. The fourth-order valence-corrected chi connectivity index (χ4v) is 2.36. The van der Waals surface area contributed by atoms with Crippen LogP contribution in [0.4, 0.5) is 11.4 Å². The van der Waals surface area contributed by atoms with Crippen molar-refractivity contribution in [2.24, 2.45) is 9.98 Å². The fraction of sp³-hybridized carbons (Fsp3) is 0.158. The Labute approximate surface area is 131 Å². The SMILES string of the molecule is CCC1=CCC(=Nc2ccccc2)NC1=Nc1ccccc1. The van der Waals surface area contributed by atoms with Gasteiger partial charge in [0.15, 0.2) is 0 Å². The van der Waals surface area contributed by atoms with Crippen molar-refractivity contribution >= 4 is 23.0 Å². The minimum Gasteiger partial charge on any atom is -0.328 e. The number of aliphatic imine (C=N–C) groups is 2. The molecule has 0 aliphatic carbocycles. The summed E-state index contributed by atoms with van der Waals surface area (Å²) in [6, 6.07) is 20.0. The minimum absolute atomic E-state index is 0.811. The van der Waals surface area contributed by atoms with E-state index in [9.17, 15) is 0 Å². The van der Waals surface area contributed by atoms with E-state index in [2.05, 4.69) is 23.3 Å². The molecule has 1 heterocycles. The first kappa shape index (κ1) is 14.3. The zero-order chi connectivity index (χ0) is 15.2. The predicted molar refractivity (Wildman–Crippen MR) is 93.2 cm³/mol. The molecule has 0 amide bonds. The van der Waals surface area contributed by atoms with Crippen LogP contribution in [-0.4, -0.2) is 11.7 Å². The van der Waals surface area contributed by atoms with Crippen molar-refractivity contribution in [1.29, 1.82) is 0 Å². The van der Waals surface area contributed by atoms with E-state index in [1.165, 1.54) is 5.57 Å². The van der Waals surface area contributed by atoms with Crippen LogP contribution >= 0.6 is 0 Å². The van der Waals surface area contributed by atoms with Crippen LogP contribution in [0, 0.1) is 0 Å². The highest BCUT2D eigenvalue weighted by Crippen LogP contribution is 2.18. The third kappa shape index (κ3) is 3.50. The van der Waals surface area contributed by atoms with Gasteiger partial charge in [-0.1, -0.05) is 49.4 Å². The topological polar surface area (TPSA) is 36.8 Å². The first-order valence-electron chi connectivity index (χ1n) is 7.58. The van der Waals surface area contributed by atoms with Gasteiger partial charge in [-0.05, 0) is 36.3 Å². The van der Waals surface area contributed by atoms with Crippen LogP contribution in [0.2, 0.25) is 0 Å². The summed E-state index contributed by atoms with van der Waals surface area (Å²) in [4.78, 5) is 9.38.